The highest BCUT2D eigenvalue weighted by molar-refractivity contribution is 7.11. The van der Waals surface area contributed by atoms with E-state index >= 15 is 0 Å². The minimum Gasteiger partial charge on any atom is -0.314 e. The van der Waals surface area contributed by atoms with Crippen LogP contribution in [0.1, 0.15) is 42.6 Å². The monoisotopic (exact) mass is 253 g/mol. The van der Waals surface area contributed by atoms with Crippen LogP contribution in [-0.2, 0) is 0 Å². The number of nitrogens with one attached hydrogen (secondary N) is 2. The van der Waals surface area contributed by atoms with Gasteiger partial charge in [-0.25, -0.2) is 4.98 Å². The van der Waals surface area contributed by atoms with E-state index in [1.807, 2.05) is 6.20 Å². The Balaban J connectivity index is 1.77. The summed E-state index contributed by atoms with van der Waals surface area (Å²) in [4.78, 5) is 5.73. The molecule has 2 heterocycles. The SMILES string of the molecule is Cc1cnc(C(C)NCC2CCNC(C)C2)s1. The van der Waals surface area contributed by atoms with E-state index in [4.69, 9.17) is 0 Å². The molecule has 1 fully saturated rings. The Bertz CT molecular complexity index is 350. The highest BCUT2D eigenvalue weighted by Crippen LogP contribution is 2.20. The average molecular weight is 253 g/mol. The van der Waals surface area contributed by atoms with Crippen molar-refractivity contribution in [3.63, 3.8) is 0 Å². The molecule has 0 spiro atoms. The third-order valence-electron chi connectivity index (χ3n) is 3.45. The molecule has 0 radical (unpaired) electrons. The van der Waals surface area contributed by atoms with Crippen molar-refractivity contribution in [2.45, 2.75) is 45.7 Å². The summed E-state index contributed by atoms with van der Waals surface area (Å²) < 4.78 is 0. The summed E-state index contributed by atoms with van der Waals surface area (Å²) in [6, 6.07) is 1.06. The number of thiazole rings is 1. The van der Waals surface area contributed by atoms with Gasteiger partial charge in [-0.15, -0.1) is 11.3 Å². The highest BCUT2D eigenvalue weighted by Gasteiger charge is 2.19. The third-order valence-corrected chi connectivity index (χ3v) is 4.55. The van der Waals surface area contributed by atoms with Crippen molar-refractivity contribution in [2.24, 2.45) is 5.92 Å². The molecular weight excluding hydrogens is 230 g/mol. The first kappa shape index (κ1) is 13.0. The van der Waals surface area contributed by atoms with Crippen LogP contribution in [0.3, 0.4) is 0 Å². The topological polar surface area (TPSA) is 37.0 Å². The maximum absolute atomic E-state index is 4.44. The summed E-state index contributed by atoms with van der Waals surface area (Å²) in [5.74, 6) is 0.815. The number of rotatable bonds is 4. The molecular formula is C13H23N3S. The molecule has 1 aliphatic heterocycles. The summed E-state index contributed by atoms with van der Waals surface area (Å²) in [5.41, 5.74) is 0. The lowest BCUT2D eigenvalue weighted by atomic mass is 9.93. The second-order valence-corrected chi connectivity index (χ2v) is 6.45. The molecule has 0 saturated carbocycles. The molecule has 96 valence electrons. The smallest absolute Gasteiger partial charge is 0.109 e. The van der Waals surface area contributed by atoms with Crippen molar-refractivity contribution in [3.05, 3.63) is 16.1 Å². The lowest BCUT2D eigenvalue weighted by Gasteiger charge is -2.29. The second-order valence-electron chi connectivity index (χ2n) is 5.18. The normalized spacial score (nSPS) is 27.0. The molecule has 3 unspecified atom stereocenters. The molecule has 1 saturated heterocycles. The van der Waals surface area contributed by atoms with Gasteiger partial charge in [-0.2, -0.15) is 0 Å². The van der Waals surface area contributed by atoms with Gasteiger partial charge in [-0.1, -0.05) is 0 Å². The van der Waals surface area contributed by atoms with Crippen molar-refractivity contribution in [3.8, 4) is 0 Å². The Labute approximate surface area is 108 Å². The van der Waals surface area contributed by atoms with Gasteiger partial charge >= 0.3 is 0 Å². The molecule has 17 heavy (non-hydrogen) atoms. The van der Waals surface area contributed by atoms with Crippen LogP contribution in [0.2, 0.25) is 0 Å². The summed E-state index contributed by atoms with van der Waals surface area (Å²) in [6.07, 6.45) is 4.54. The Hall–Kier alpha value is -0.450. The predicted molar refractivity (Wildman–Crippen MR) is 73.5 cm³/mol. The van der Waals surface area contributed by atoms with E-state index in [0.29, 0.717) is 12.1 Å². The molecule has 1 aromatic heterocycles. The van der Waals surface area contributed by atoms with Crippen molar-refractivity contribution < 1.29 is 0 Å². The first-order valence-electron chi connectivity index (χ1n) is 6.54. The van der Waals surface area contributed by atoms with E-state index < -0.39 is 0 Å². The molecule has 0 aromatic carbocycles. The van der Waals surface area contributed by atoms with Gasteiger partial charge in [0.25, 0.3) is 0 Å². The molecule has 1 aromatic rings. The summed E-state index contributed by atoms with van der Waals surface area (Å²) in [7, 11) is 0. The van der Waals surface area contributed by atoms with Crippen molar-refractivity contribution in [2.75, 3.05) is 13.1 Å². The highest BCUT2D eigenvalue weighted by atomic mass is 32.1. The van der Waals surface area contributed by atoms with E-state index in [-0.39, 0.29) is 0 Å². The summed E-state index contributed by atoms with van der Waals surface area (Å²) in [6.45, 7) is 8.88. The molecule has 4 heteroatoms. The maximum Gasteiger partial charge on any atom is 0.109 e. The van der Waals surface area contributed by atoms with E-state index in [0.717, 1.165) is 19.0 Å². The molecule has 3 atom stereocenters. The maximum atomic E-state index is 4.44. The van der Waals surface area contributed by atoms with E-state index in [9.17, 15) is 0 Å². The first-order valence-corrected chi connectivity index (χ1v) is 7.36. The molecule has 2 rings (SSSR count). The fourth-order valence-corrected chi connectivity index (χ4v) is 3.22. The standard InChI is InChI=1S/C13H23N3S/c1-9-6-12(4-5-14-9)8-15-11(3)13-16-7-10(2)17-13/h7,9,11-12,14-15H,4-6,8H2,1-3H3. The minimum atomic E-state index is 0.388. The van der Waals surface area contributed by atoms with Crippen LogP contribution in [0, 0.1) is 12.8 Å². The predicted octanol–water partition coefficient (Wildman–Crippen LogP) is 2.49. The van der Waals surface area contributed by atoms with Crippen molar-refractivity contribution in [1.82, 2.24) is 15.6 Å². The number of nitrogens with zero attached hydrogens (tertiary/aromatic N) is 1. The zero-order chi connectivity index (χ0) is 12.3. The molecule has 3 nitrogen and oxygen atoms in total. The van der Waals surface area contributed by atoms with Crippen molar-refractivity contribution in [1.29, 1.82) is 0 Å². The second kappa shape index (κ2) is 5.94. The van der Waals surface area contributed by atoms with Gasteiger partial charge in [0.05, 0.1) is 6.04 Å². The molecule has 0 amide bonds. The van der Waals surface area contributed by atoms with Crippen LogP contribution in [0.25, 0.3) is 0 Å². The molecule has 1 aliphatic rings. The largest absolute Gasteiger partial charge is 0.314 e. The zero-order valence-electron chi connectivity index (χ0n) is 11.0. The van der Waals surface area contributed by atoms with Crippen LogP contribution in [-0.4, -0.2) is 24.1 Å². The molecule has 0 aliphatic carbocycles. The van der Waals surface area contributed by atoms with Gasteiger partial charge in [0.2, 0.25) is 0 Å². The summed E-state index contributed by atoms with van der Waals surface area (Å²) in [5, 5.41) is 8.33. The van der Waals surface area contributed by atoms with Crippen LogP contribution in [0.5, 0.6) is 0 Å². The third kappa shape index (κ3) is 3.76. The average Bonchev–Trinajstić information content (AvgIpc) is 2.73. The van der Waals surface area contributed by atoms with Crippen LogP contribution in [0.15, 0.2) is 6.20 Å². The minimum absolute atomic E-state index is 0.388. The number of hydrogen-bond acceptors (Lipinski definition) is 4. The first-order chi connectivity index (χ1) is 8.15. The fourth-order valence-electron chi connectivity index (χ4n) is 2.42. The Morgan fingerprint density at radius 3 is 3.12 bits per heavy atom. The van der Waals surface area contributed by atoms with Gasteiger partial charge in [0.1, 0.15) is 5.01 Å². The van der Waals surface area contributed by atoms with E-state index in [1.165, 1.54) is 22.7 Å². The lowest BCUT2D eigenvalue weighted by Crippen LogP contribution is -2.39. The van der Waals surface area contributed by atoms with Gasteiger partial charge in [-0.3, -0.25) is 0 Å². The van der Waals surface area contributed by atoms with Crippen LogP contribution in [0.4, 0.5) is 0 Å². The van der Waals surface area contributed by atoms with Gasteiger partial charge < -0.3 is 10.6 Å². The van der Waals surface area contributed by atoms with Gasteiger partial charge in [-0.05, 0) is 52.6 Å². The Kier molecular flexibility index (Phi) is 4.54. The van der Waals surface area contributed by atoms with Crippen LogP contribution < -0.4 is 10.6 Å². The molecule has 0 bridgehead atoms. The van der Waals surface area contributed by atoms with Crippen molar-refractivity contribution >= 4 is 11.3 Å². The number of aromatic nitrogens is 1. The quantitative estimate of drug-likeness (QED) is 0.865. The number of piperidine rings is 1. The Morgan fingerprint density at radius 2 is 2.47 bits per heavy atom. The number of hydrogen-bond donors (Lipinski definition) is 2. The van der Waals surface area contributed by atoms with E-state index in [1.54, 1.807) is 11.3 Å². The lowest BCUT2D eigenvalue weighted by molar-refractivity contribution is 0.297. The number of aryl methyl sites for hydroxylation is 1. The molecule has 2 N–H and O–H groups in total. The fraction of sp³-hybridized carbons (Fsp3) is 0.769. The van der Waals surface area contributed by atoms with Crippen LogP contribution >= 0.6 is 11.3 Å². The summed E-state index contributed by atoms with van der Waals surface area (Å²) >= 11 is 1.80. The zero-order valence-corrected chi connectivity index (χ0v) is 11.8. The van der Waals surface area contributed by atoms with E-state index in [2.05, 4.69) is 36.4 Å². The Morgan fingerprint density at radius 1 is 1.65 bits per heavy atom. The van der Waals surface area contributed by atoms with Gasteiger partial charge in [0, 0.05) is 17.1 Å². The van der Waals surface area contributed by atoms with Gasteiger partial charge in [0.15, 0.2) is 0 Å².